The number of H-pyrrole nitrogens is 1. The zero-order valence-electron chi connectivity index (χ0n) is 11.3. The molecule has 0 radical (unpaired) electrons. The number of aromatic amines is 1. The van der Waals surface area contributed by atoms with Gasteiger partial charge >= 0.3 is 0 Å². The average Bonchev–Trinajstić information content (AvgIpc) is 2.89. The molecule has 0 bridgehead atoms. The van der Waals surface area contributed by atoms with E-state index in [1.807, 2.05) is 18.2 Å². The van der Waals surface area contributed by atoms with Crippen molar-refractivity contribution in [3.8, 4) is 0 Å². The molecule has 0 atom stereocenters. The Kier molecular flexibility index (Phi) is 3.79. The molecule has 1 aromatic heterocycles. The maximum absolute atomic E-state index is 13.5. The lowest BCUT2D eigenvalue weighted by molar-refractivity contribution is -0.670. The maximum Gasteiger partial charge on any atom is 0.132 e. The Bertz CT molecular complexity index is 703. The summed E-state index contributed by atoms with van der Waals surface area (Å²) in [5, 5.41) is 3.44. The molecule has 1 heterocycles. The summed E-state index contributed by atoms with van der Waals surface area (Å²) in [5.41, 5.74) is 3.27. The van der Waals surface area contributed by atoms with Crippen LogP contribution < -0.4 is 5.32 Å². The molecule has 3 rings (SSSR count). The molecule has 0 amide bonds. The van der Waals surface area contributed by atoms with Crippen molar-refractivity contribution < 1.29 is 9.71 Å². The van der Waals surface area contributed by atoms with Crippen LogP contribution in [-0.2, 0) is 13.0 Å². The third kappa shape index (κ3) is 2.73. The van der Waals surface area contributed by atoms with E-state index in [0.717, 1.165) is 18.5 Å². The van der Waals surface area contributed by atoms with E-state index in [-0.39, 0.29) is 5.82 Å². The fraction of sp³-hybridized carbons (Fsp3) is 0.176. The van der Waals surface area contributed by atoms with Crippen LogP contribution in [-0.4, -0.2) is 11.5 Å². The summed E-state index contributed by atoms with van der Waals surface area (Å²) in [6.07, 6.45) is 3.06. The highest BCUT2D eigenvalue weighted by molar-refractivity contribution is 5.82. The third-order valence-electron chi connectivity index (χ3n) is 3.61. The smallest absolute Gasteiger partial charge is 0.132 e. The van der Waals surface area contributed by atoms with Gasteiger partial charge in [-0.15, -0.1) is 0 Å². The minimum atomic E-state index is -0.115. The summed E-state index contributed by atoms with van der Waals surface area (Å²) in [5.74, 6) is -0.115. The Morgan fingerprint density at radius 1 is 0.950 bits per heavy atom. The number of quaternary nitrogens is 1. The van der Waals surface area contributed by atoms with Crippen molar-refractivity contribution in [3.63, 3.8) is 0 Å². The average molecular weight is 269 g/mol. The molecule has 0 aliphatic rings. The Hall–Kier alpha value is -2.13. The van der Waals surface area contributed by atoms with Gasteiger partial charge in [0.05, 0.1) is 6.54 Å². The zero-order chi connectivity index (χ0) is 13.8. The van der Waals surface area contributed by atoms with Gasteiger partial charge in [-0.3, -0.25) is 0 Å². The first-order valence-electron chi connectivity index (χ1n) is 6.94. The van der Waals surface area contributed by atoms with Crippen LogP contribution in [0.3, 0.4) is 0 Å². The van der Waals surface area contributed by atoms with E-state index in [2.05, 4.69) is 34.7 Å². The third-order valence-corrected chi connectivity index (χ3v) is 3.61. The lowest BCUT2D eigenvalue weighted by Gasteiger charge is -2.03. The van der Waals surface area contributed by atoms with Gasteiger partial charge < -0.3 is 10.3 Å². The summed E-state index contributed by atoms with van der Waals surface area (Å²) in [6.45, 7) is 1.64. The standard InChI is InChI=1S/C17H17FN2/c18-16-7-3-1-5-14(16)11-19-10-9-13-12-20-17-8-4-2-6-15(13)17/h1-8,12,19-20H,9-11H2/p+1. The molecule has 0 aliphatic carbocycles. The Morgan fingerprint density at radius 3 is 2.65 bits per heavy atom. The predicted octanol–water partition coefficient (Wildman–Crippen LogP) is 2.61. The number of rotatable bonds is 5. The van der Waals surface area contributed by atoms with Gasteiger partial charge in [-0.25, -0.2) is 4.39 Å². The van der Waals surface area contributed by atoms with Crippen molar-refractivity contribution in [2.45, 2.75) is 13.0 Å². The van der Waals surface area contributed by atoms with E-state index >= 15 is 0 Å². The molecule has 0 spiro atoms. The van der Waals surface area contributed by atoms with Gasteiger partial charge in [-0.2, -0.15) is 0 Å². The number of hydrogen-bond donors (Lipinski definition) is 2. The van der Waals surface area contributed by atoms with E-state index in [1.54, 1.807) is 6.07 Å². The Labute approximate surface area is 117 Å². The Balaban J connectivity index is 1.57. The monoisotopic (exact) mass is 269 g/mol. The first-order chi connectivity index (χ1) is 9.84. The van der Waals surface area contributed by atoms with Crippen molar-refractivity contribution in [2.75, 3.05) is 6.54 Å². The van der Waals surface area contributed by atoms with Crippen molar-refractivity contribution in [1.82, 2.24) is 4.98 Å². The van der Waals surface area contributed by atoms with Crippen LogP contribution in [0, 0.1) is 5.82 Å². The minimum absolute atomic E-state index is 0.115. The summed E-state index contributed by atoms with van der Waals surface area (Å²) >= 11 is 0. The molecule has 0 saturated carbocycles. The van der Waals surface area contributed by atoms with Crippen molar-refractivity contribution in [3.05, 3.63) is 71.7 Å². The molecule has 2 aromatic carbocycles. The molecule has 0 unspecified atom stereocenters. The molecule has 3 heteroatoms. The van der Waals surface area contributed by atoms with Gasteiger partial charge in [0.25, 0.3) is 0 Å². The lowest BCUT2D eigenvalue weighted by atomic mass is 10.1. The van der Waals surface area contributed by atoms with Crippen molar-refractivity contribution >= 4 is 10.9 Å². The van der Waals surface area contributed by atoms with E-state index in [1.165, 1.54) is 22.5 Å². The number of hydrogen-bond acceptors (Lipinski definition) is 0. The van der Waals surface area contributed by atoms with Gasteiger partial charge in [0.15, 0.2) is 0 Å². The second-order valence-corrected chi connectivity index (χ2v) is 4.98. The van der Waals surface area contributed by atoms with Gasteiger partial charge in [0.1, 0.15) is 12.4 Å². The lowest BCUT2D eigenvalue weighted by Crippen LogP contribution is -2.83. The van der Waals surface area contributed by atoms with E-state index in [4.69, 9.17) is 0 Å². The largest absolute Gasteiger partial charge is 0.361 e. The molecule has 3 N–H and O–H groups in total. The normalized spacial score (nSPS) is 11.1. The molecule has 0 saturated heterocycles. The highest BCUT2D eigenvalue weighted by Crippen LogP contribution is 2.17. The number of fused-ring (bicyclic) bond motifs is 1. The Morgan fingerprint density at radius 2 is 1.75 bits per heavy atom. The fourth-order valence-electron chi connectivity index (χ4n) is 2.52. The zero-order valence-corrected chi connectivity index (χ0v) is 11.3. The number of benzene rings is 2. The number of para-hydroxylation sites is 1. The second-order valence-electron chi connectivity index (χ2n) is 4.98. The highest BCUT2D eigenvalue weighted by Gasteiger charge is 2.05. The SMILES string of the molecule is Fc1ccccc1C[NH2+]CCc1c[nH]c2ccccc12. The highest BCUT2D eigenvalue weighted by atomic mass is 19.1. The fourth-order valence-corrected chi connectivity index (χ4v) is 2.52. The van der Waals surface area contributed by atoms with E-state index < -0.39 is 0 Å². The molecular formula is C17H18FN2+. The van der Waals surface area contributed by atoms with Crippen LogP contribution in [0.25, 0.3) is 10.9 Å². The second kappa shape index (κ2) is 5.88. The topological polar surface area (TPSA) is 32.4 Å². The first kappa shape index (κ1) is 12.9. The quantitative estimate of drug-likeness (QED) is 0.668. The molecular weight excluding hydrogens is 251 g/mol. The molecule has 102 valence electrons. The van der Waals surface area contributed by atoms with Crippen LogP contribution >= 0.6 is 0 Å². The van der Waals surface area contributed by atoms with Crippen LogP contribution in [0.1, 0.15) is 11.1 Å². The molecule has 0 aliphatic heterocycles. The molecule has 3 aromatic rings. The van der Waals surface area contributed by atoms with Crippen LogP contribution in [0.5, 0.6) is 0 Å². The van der Waals surface area contributed by atoms with E-state index in [9.17, 15) is 4.39 Å². The van der Waals surface area contributed by atoms with Gasteiger partial charge in [-0.05, 0) is 17.7 Å². The van der Waals surface area contributed by atoms with Crippen molar-refractivity contribution in [1.29, 1.82) is 0 Å². The summed E-state index contributed by atoms with van der Waals surface area (Å²) < 4.78 is 13.5. The van der Waals surface area contributed by atoms with Gasteiger partial charge in [-0.1, -0.05) is 36.4 Å². The van der Waals surface area contributed by atoms with Crippen molar-refractivity contribution in [2.24, 2.45) is 0 Å². The number of nitrogens with two attached hydrogens (primary N) is 1. The number of nitrogens with one attached hydrogen (secondary N) is 1. The van der Waals surface area contributed by atoms with Crippen LogP contribution in [0.15, 0.2) is 54.7 Å². The maximum atomic E-state index is 13.5. The minimum Gasteiger partial charge on any atom is -0.361 e. The van der Waals surface area contributed by atoms with Gasteiger partial charge in [0, 0.05) is 29.1 Å². The number of halogens is 1. The summed E-state index contributed by atoms with van der Waals surface area (Å²) in [7, 11) is 0. The summed E-state index contributed by atoms with van der Waals surface area (Å²) in [6, 6.07) is 15.3. The summed E-state index contributed by atoms with van der Waals surface area (Å²) in [4.78, 5) is 3.28. The molecule has 2 nitrogen and oxygen atoms in total. The number of aromatic nitrogens is 1. The van der Waals surface area contributed by atoms with Crippen LogP contribution in [0.4, 0.5) is 4.39 Å². The predicted molar refractivity (Wildman–Crippen MR) is 78.9 cm³/mol. The van der Waals surface area contributed by atoms with Gasteiger partial charge in [0.2, 0.25) is 0 Å². The first-order valence-corrected chi connectivity index (χ1v) is 6.94. The van der Waals surface area contributed by atoms with Crippen LogP contribution in [0.2, 0.25) is 0 Å². The van der Waals surface area contributed by atoms with E-state index in [0.29, 0.717) is 6.54 Å². The molecule has 0 fully saturated rings. The molecule has 20 heavy (non-hydrogen) atoms.